The van der Waals surface area contributed by atoms with Crippen LogP contribution >= 0.6 is 11.6 Å². The Morgan fingerprint density at radius 2 is 2.08 bits per heavy atom. The van der Waals surface area contributed by atoms with Crippen LogP contribution < -0.4 is 15.4 Å². The van der Waals surface area contributed by atoms with E-state index in [-0.39, 0.29) is 31.6 Å². The van der Waals surface area contributed by atoms with Crippen molar-refractivity contribution in [3.05, 3.63) is 64.4 Å². The number of pyridine rings is 1. The number of anilines is 1. The molecular formula is C27H29ClN6O5. The van der Waals surface area contributed by atoms with Crippen LogP contribution in [0, 0.1) is 0 Å². The number of amides is 2. The van der Waals surface area contributed by atoms with E-state index in [2.05, 4.69) is 25.6 Å². The Morgan fingerprint density at radius 1 is 1.26 bits per heavy atom. The second-order valence-corrected chi connectivity index (χ2v) is 9.77. The molecule has 0 radical (unpaired) electrons. The fourth-order valence-electron chi connectivity index (χ4n) is 4.66. The molecule has 0 bridgehead atoms. The van der Waals surface area contributed by atoms with Gasteiger partial charge in [0, 0.05) is 43.0 Å². The van der Waals surface area contributed by atoms with Crippen molar-refractivity contribution in [2.24, 2.45) is 0 Å². The van der Waals surface area contributed by atoms with Gasteiger partial charge in [-0.05, 0) is 30.5 Å². The van der Waals surface area contributed by atoms with Gasteiger partial charge in [0.05, 0.1) is 42.4 Å². The summed E-state index contributed by atoms with van der Waals surface area (Å²) in [7, 11) is 1.49. The number of carbonyl (C=O) groups is 2. The highest BCUT2D eigenvalue weighted by molar-refractivity contribution is 6.33. The summed E-state index contributed by atoms with van der Waals surface area (Å²) >= 11 is 6.44. The van der Waals surface area contributed by atoms with Gasteiger partial charge in [-0.25, -0.2) is 15.0 Å². The number of methoxy groups -OCH3 is 1. The van der Waals surface area contributed by atoms with Gasteiger partial charge in [0.25, 0.3) is 5.91 Å². The van der Waals surface area contributed by atoms with Gasteiger partial charge in [-0.1, -0.05) is 29.8 Å². The van der Waals surface area contributed by atoms with Gasteiger partial charge in [0.15, 0.2) is 0 Å². The number of benzene rings is 1. The van der Waals surface area contributed by atoms with Crippen LogP contribution in [-0.2, 0) is 16.1 Å². The van der Waals surface area contributed by atoms with Crippen LogP contribution in [0.5, 0.6) is 5.88 Å². The largest absolute Gasteiger partial charge is 0.481 e. The molecule has 0 saturated carbocycles. The number of nitrogens with one attached hydrogen (secondary N) is 2. The average molecular weight is 553 g/mol. The van der Waals surface area contributed by atoms with Crippen molar-refractivity contribution in [3.8, 4) is 17.1 Å². The van der Waals surface area contributed by atoms with Crippen LogP contribution in [0.25, 0.3) is 11.3 Å². The van der Waals surface area contributed by atoms with Crippen LogP contribution in [-0.4, -0.2) is 76.3 Å². The Kier molecular flexibility index (Phi) is 8.20. The summed E-state index contributed by atoms with van der Waals surface area (Å²) in [4.78, 5) is 40.7. The highest BCUT2D eigenvalue weighted by Gasteiger charge is 2.30. The van der Waals surface area contributed by atoms with Gasteiger partial charge in [0.2, 0.25) is 17.7 Å². The minimum absolute atomic E-state index is 0.170. The van der Waals surface area contributed by atoms with Crippen LogP contribution in [0.15, 0.2) is 42.6 Å². The van der Waals surface area contributed by atoms with E-state index in [1.807, 2.05) is 12.1 Å². The van der Waals surface area contributed by atoms with Crippen molar-refractivity contribution in [2.45, 2.75) is 31.5 Å². The standard InChI is InChI=1S/C27H29ClN6O5/c1-38-24-4-2-3-21(32-24)22(15-35)31-23(36)14-34-13-17-6-5-16(11-19(17)26(34)37)25-20(28)12-29-27(33-25)30-18-7-9-39-10-8-18/h2-6,11-12,18,22,35H,7-10,13-15H2,1H3,(H,31,36)(H,29,30,33). The molecule has 4 heterocycles. The molecule has 1 aromatic carbocycles. The fourth-order valence-corrected chi connectivity index (χ4v) is 4.86. The zero-order valence-electron chi connectivity index (χ0n) is 21.4. The number of nitrogens with zero attached hydrogens (tertiary/aromatic N) is 4. The smallest absolute Gasteiger partial charge is 0.254 e. The molecule has 0 aliphatic carbocycles. The Hall–Kier alpha value is -3.80. The van der Waals surface area contributed by atoms with E-state index in [4.69, 9.17) is 21.1 Å². The molecule has 2 aromatic heterocycles. The van der Waals surface area contributed by atoms with E-state index in [0.29, 0.717) is 52.6 Å². The van der Waals surface area contributed by atoms with E-state index >= 15 is 0 Å². The molecule has 204 valence electrons. The fraction of sp³-hybridized carbons (Fsp3) is 0.370. The molecule has 1 fully saturated rings. The van der Waals surface area contributed by atoms with E-state index in [1.165, 1.54) is 12.0 Å². The summed E-state index contributed by atoms with van der Waals surface area (Å²) < 4.78 is 10.5. The van der Waals surface area contributed by atoms with Crippen LogP contribution in [0.3, 0.4) is 0 Å². The average Bonchev–Trinajstić information content (AvgIpc) is 3.27. The Balaban J connectivity index is 1.27. The number of aliphatic hydroxyl groups is 1. The van der Waals surface area contributed by atoms with Crippen LogP contribution in [0.2, 0.25) is 5.02 Å². The highest BCUT2D eigenvalue weighted by Crippen LogP contribution is 2.31. The molecule has 11 nitrogen and oxygen atoms in total. The van der Waals surface area contributed by atoms with Gasteiger partial charge >= 0.3 is 0 Å². The number of fused-ring (bicyclic) bond motifs is 1. The Morgan fingerprint density at radius 3 is 2.85 bits per heavy atom. The molecule has 1 saturated heterocycles. The zero-order valence-corrected chi connectivity index (χ0v) is 22.1. The number of aliphatic hydroxyl groups excluding tert-OH is 1. The summed E-state index contributed by atoms with van der Waals surface area (Å²) in [5.74, 6) is 0.155. The predicted octanol–water partition coefficient (Wildman–Crippen LogP) is 2.60. The van der Waals surface area contributed by atoms with Crippen molar-refractivity contribution in [1.29, 1.82) is 0 Å². The number of carbonyl (C=O) groups excluding carboxylic acids is 2. The molecule has 0 spiro atoms. The molecule has 5 rings (SSSR count). The van der Waals surface area contributed by atoms with Crippen molar-refractivity contribution in [1.82, 2.24) is 25.2 Å². The minimum Gasteiger partial charge on any atom is -0.481 e. The second-order valence-electron chi connectivity index (χ2n) is 9.36. The first-order valence-electron chi connectivity index (χ1n) is 12.7. The molecule has 39 heavy (non-hydrogen) atoms. The maximum absolute atomic E-state index is 13.2. The number of ether oxygens (including phenoxy) is 2. The monoisotopic (exact) mass is 552 g/mol. The van der Waals surface area contributed by atoms with E-state index < -0.39 is 11.9 Å². The maximum atomic E-state index is 13.2. The summed E-state index contributed by atoms with van der Waals surface area (Å²) in [6.45, 7) is 1.15. The normalized spacial score (nSPS) is 16.1. The summed E-state index contributed by atoms with van der Waals surface area (Å²) in [5.41, 5.74) is 2.95. The van der Waals surface area contributed by atoms with E-state index in [0.717, 1.165) is 18.4 Å². The lowest BCUT2D eigenvalue weighted by Gasteiger charge is -2.23. The van der Waals surface area contributed by atoms with Crippen molar-refractivity contribution in [3.63, 3.8) is 0 Å². The molecule has 12 heteroatoms. The Labute approximate surface area is 230 Å². The molecule has 1 unspecified atom stereocenters. The number of hydrogen-bond acceptors (Lipinski definition) is 9. The summed E-state index contributed by atoms with van der Waals surface area (Å²) in [6.07, 6.45) is 3.28. The van der Waals surface area contributed by atoms with Gasteiger partial charge in [-0.3, -0.25) is 9.59 Å². The third kappa shape index (κ3) is 6.11. The van der Waals surface area contributed by atoms with Crippen molar-refractivity contribution < 1.29 is 24.2 Å². The SMILES string of the molecule is COc1cccc(C(CO)NC(=O)CN2Cc3ccc(-c4nc(NC5CCOCC5)ncc4Cl)cc3C2=O)n1. The van der Waals surface area contributed by atoms with Crippen LogP contribution in [0.4, 0.5) is 5.95 Å². The van der Waals surface area contributed by atoms with Gasteiger partial charge in [-0.15, -0.1) is 0 Å². The second kappa shape index (κ2) is 11.9. The first-order valence-corrected chi connectivity index (χ1v) is 13.0. The molecule has 2 amide bonds. The molecule has 2 aliphatic heterocycles. The van der Waals surface area contributed by atoms with Crippen molar-refractivity contribution >= 4 is 29.4 Å². The number of hydrogen-bond donors (Lipinski definition) is 3. The number of rotatable bonds is 9. The number of aromatic nitrogens is 3. The first kappa shape index (κ1) is 26.8. The zero-order chi connectivity index (χ0) is 27.4. The quantitative estimate of drug-likeness (QED) is 0.365. The molecule has 3 aromatic rings. The lowest BCUT2D eigenvalue weighted by molar-refractivity contribution is -0.122. The maximum Gasteiger partial charge on any atom is 0.254 e. The lowest BCUT2D eigenvalue weighted by Crippen LogP contribution is -2.40. The van der Waals surface area contributed by atoms with E-state index in [1.54, 1.807) is 30.5 Å². The van der Waals surface area contributed by atoms with Crippen LogP contribution in [0.1, 0.15) is 40.5 Å². The van der Waals surface area contributed by atoms with Crippen molar-refractivity contribution in [2.75, 3.05) is 38.8 Å². The lowest BCUT2D eigenvalue weighted by atomic mass is 10.0. The Bertz CT molecular complexity index is 1370. The van der Waals surface area contributed by atoms with Gasteiger partial charge < -0.3 is 30.1 Å². The van der Waals surface area contributed by atoms with Gasteiger partial charge in [0.1, 0.15) is 6.54 Å². The highest BCUT2D eigenvalue weighted by atomic mass is 35.5. The third-order valence-electron chi connectivity index (χ3n) is 6.72. The molecule has 3 N–H and O–H groups in total. The summed E-state index contributed by atoms with van der Waals surface area (Å²) in [5, 5.41) is 16.3. The van der Waals surface area contributed by atoms with Gasteiger partial charge in [-0.2, -0.15) is 0 Å². The molecule has 1 atom stereocenters. The first-order chi connectivity index (χ1) is 18.9. The number of halogens is 1. The summed E-state index contributed by atoms with van der Waals surface area (Å²) in [6, 6.07) is 10.0. The third-order valence-corrected chi connectivity index (χ3v) is 7.00. The topological polar surface area (TPSA) is 139 Å². The predicted molar refractivity (Wildman–Crippen MR) is 143 cm³/mol. The minimum atomic E-state index is -0.733. The van der Waals surface area contributed by atoms with E-state index in [9.17, 15) is 14.7 Å². The molecular weight excluding hydrogens is 524 g/mol. The molecule has 2 aliphatic rings.